The van der Waals surface area contributed by atoms with Crippen molar-refractivity contribution in [3.05, 3.63) is 59.5 Å². The van der Waals surface area contributed by atoms with Gasteiger partial charge in [0.25, 0.3) is 0 Å². The molecular weight excluding hydrogens is 398 g/mol. The van der Waals surface area contributed by atoms with Crippen molar-refractivity contribution in [2.45, 2.75) is 6.92 Å². The topological polar surface area (TPSA) is 99.6 Å². The highest BCUT2D eigenvalue weighted by atomic mass is 32.2. The molecule has 7 nitrogen and oxygen atoms in total. The van der Waals surface area contributed by atoms with E-state index in [2.05, 4.69) is 10.3 Å². The first-order valence-electron chi connectivity index (χ1n) is 8.42. The van der Waals surface area contributed by atoms with Crippen LogP contribution < -0.4 is 9.62 Å². The van der Waals surface area contributed by atoms with E-state index in [0.29, 0.717) is 17.4 Å². The Morgan fingerprint density at radius 1 is 1.14 bits per heavy atom. The third-order valence-electron chi connectivity index (χ3n) is 4.03. The molecule has 0 radical (unpaired) electrons. The van der Waals surface area contributed by atoms with E-state index in [9.17, 15) is 13.2 Å². The van der Waals surface area contributed by atoms with Crippen LogP contribution in [0.1, 0.15) is 17.3 Å². The Hall–Kier alpha value is -2.91. The SMILES string of the molecule is CCN(c1ccc(-c2csc(Nc3ccc(C(=O)O)cc3)n2)cc1)S(C)(=O)=O. The Morgan fingerprint density at radius 2 is 1.79 bits per heavy atom. The number of carbonyl (C=O) groups is 1. The van der Waals surface area contributed by atoms with Gasteiger partial charge in [-0.05, 0) is 43.3 Å². The molecular formula is C19H19N3O4S2. The molecule has 1 heterocycles. The van der Waals surface area contributed by atoms with Crippen molar-refractivity contribution in [3.63, 3.8) is 0 Å². The lowest BCUT2D eigenvalue weighted by molar-refractivity contribution is 0.0697. The second kappa shape index (κ2) is 7.99. The van der Waals surface area contributed by atoms with Gasteiger partial charge in [-0.3, -0.25) is 4.31 Å². The fourth-order valence-corrected chi connectivity index (χ4v) is 4.40. The normalized spacial score (nSPS) is 11.2. The minimum atomic E-state index is -3.31. The highest BCUT2D eigenvalue weighted by molar-refractivity contribution is 7.92. The van der Waals surface area contributed by atoms with Gasteiger partial charge in [0.2, 0.25) is 10.0 Å². The van der Waals surface area contributed by atoms with Crippen LogP contribution in [0.3, 0.4) is 0 Å². The van der Waals surface area contributed by atoms with E-state index in [-0.39, 0.29) is 5.56 Å². The molecule has 0 aliphatic carbocycles. The van der Waals surface area contributed by atoms with E-state index in [1.165, 1.54) is 34.0 Å². The lowest BCUT2D eigenvalue weighted by Gasteiger charge is -2.20. The van der Waals surface area contributed by atoms with Crippen molar-refractivity contribution in [2.75, 3.05) is 22.4 Å². The first-order valence-corrected chi connectivity index (χ1v) is 11.1. The van der Waals surface area contributed by atoms with Crippen molar-refractivity contribution in [3.8, 4) is 11.3 Å². The van der Waals surface area contributed by atoms with E-state index >= 15 is 0 Å². The largest absolute Gasteiger partial charge is 0.478 e. The van der Waals surface area contributed by atoms with E-state index in [0.717, 1.165) is 16.9 Å². The van der Waals surface area contributed by atoms with Crippen molar-refractivity contribution in [1.29, 1.82) is 0 Å². The minimum Gasteiger partial charge on any atom is -0.478 e. The van der Waals surface area contributed by atoms with Crippen LogP contribution in [0.25, 0.3) is 11.3 Å². The minimum absolute atomic E-state index is 0.223. The molecule has 0 amide bonds. The van der Waals surface area contributed by atoms with Crippen molar-refractivity contribution in [1.82, 2.24) is 4.98 Å². The Morgan fingerprint density at radius 3 is 2.32 bits per heavy atom. The highest BCUT2D eigenvalue weighted by Gasteiger charge is 2.15. The number of thiazole rings is 1. The summed E-state index contributed by atoms with van der Waals surface area (Å²) in [6.45, 7) is 2.15. The molecule has 0 unspecified atom stereocenters. The number of sulfonamides is 1. The summed E-state index contributed by atoms with van der Waals surface area (Å²) in [7, 11) is -3.31. The van der Waals surface area contributed by atoms with Gasteiger partial charge in [0.15, 0.2) is 5.13 Å². The molecule has 0 bridgehead atoms. The van der Waals surface area contributed by atoms with Gasteiger partial charge in [0.05, 0.1) is 23.2 Å². The van der Waals surface area contributed by atoms with Gasteiger partial charge in [-0.25, -0.2) is 18.2 Å². The van der Waals surface area contributed by atoms with Gasteiger partial charge < -0.3 is 10.4 Å². The summed E-state index contributed by atoms with van der Waals surface area (Å²) in [4.78, 5) is 15.4. The van der Waals surface area contributed by atoms with Gasteiger partial charge in [0, 0.05) is 23.2 Å². The monoisotopic (exact) mass is 417 g/mol. The molecule has 0 atom stereocenters. The number of rotatable bonds is 7. The Bertz CT molecular complexity index is 1080. The number of benzene rings is 2. The van der Waals surface area contributed by atoms with Crippen LogP contribution in [0.5, 0.6) is 0 Å². The number of nitrogens with one attached hydrogen (secondary N) is 1. The fourth-order valence-electron chi connectivity index (χ4n) is 2.69. The molecule has 9 heteroatoms. The van der Waals surface area contributed by atoms with E-state index in [1.807, 2.05) is 17.5 Å². The zero-order valence-electron chi connectivity index (χ0n) is 15.3. The maximum absolute atomic E-state index is 11.8. The Kier molecular flexibility index (Phi) is 5.66. The summed E-state index contributed by atoms with van der Waals surface area (Å²) in [5.74, 6) is -0.968. The molecule has 1 aromatic heterocycles. The van der Waals surface area contributed by atoms with Gasteiger partial charge in [-0.2, -0.15) is 0 Å². The number of aromatic nitrogens is 1. The number of hydrogen-bond donors (Lipinski definition) is 2. The molecule has 0 saturated heterocycles. The molecule has 0 aliphatic heterocycles. The lowest BCUT2D eigenvalue weighted by atomic mass is 10.1. The van der Waals surface area contributed by atoms with Gasteiger partial charge in [0.1, 0.15) is 0 Å². The van der Waals surface area contributed by atoms with Crippen LogP contribution >= 0.6 is 11.3 Å². The van der Waals surface area contributed by atoms with Crippen molar-refractivity contribution >= 4 is 43.8 Å². The molecule has 2 aromatic carbocycles. The summed E-state index contributed by atoms with van der Waals surface area (Å²) in [5.41, 5.74) is 3.22. The predicted molar refractivity (Wildman–Crippen MR) is 112 cm³/mol. The Labute approximate surface area is 167 Å². The first-order chi connectivity index (χ1) is 13.3. The van der Waals surface area contributed by atoms with Crippen LogP contribution in [0, 0.1) is 0 Å². The van der Waals surface area contributed by atoms with Gasteiger partial charge in [-0.1, -0.05) is 12.1 Å². The summed E-state index contributed by atoms with van der Waals surface area (Å²) >= 11 is 1.42. The maximum atomic E-state index is 11.8. The summed E-state index contributed by atoms with van der Waals surface area (Å²) in [5, 5.41) is 14.7. The predicted octanol–water partition coefficient (Wildman–Crippen LogP) is 4.04. The Balaban J connectivity index is 1.75. The molecule has 2 N–H and O–H groups in total. The van der Waals surface area contributed by atoms with E-state index in [1.54, 1.807) is 31.2 Å². The molecule has 3 rings (SSSR count). The molecule has 0 spiro atoms. The number of carboxylic acids is 1. The molecule has 28 heavy (non-hydrogen) atoms. The van der Waals surface area contributed by atoms with Crippen LogP contribution in [-0.2, 0) is 10.0 Å². The average Bonchev–Trinajstić information content (AvgIpc) is 3.10. The average molecular weight is 418 g/mol. The molecule has 3 aromatic rings. The van der Waals surface area contributed by atoms with E-state index in [4.69, 9.17) is 5.11 Å². The first kappa shape index (κ1) is 19.8. The standard InChI is InChI=1S/C19H19N3O4S2/c1-3-22(28(2,25)26)16-10-6-13(7-11-16)17-12-27-19(21-17)20-15-8-4-14(5-9-15)18(23)24/h4-12H,3H2,1-2H3,(H,20,21)(H,23,24). The van der Waals surface area contributed by atoms with Gasteiger partial charge in [-0.15, -0.1) is 11.3 Å². The van der Waals surface area contributed by atoms with Gasteiger partial charge >= 0.3 is 5.97 Å². The highest BCUT2D eigenvalue weighted by Crippen LogP contribution is 2.29. The summed E-state index contributed by atoms with van der Waals surface area (Å²) in [6, 6.07) is 13.6. The lowest BCUT2D eigenvalue weighted by Crippen LogP contribution is -2.29. The number of nitrogens with zero attached hydrogens (tertiary/aromatic N) is 2. The fraction of sp³-hybridized carbons (Fsp3) is 0.158. The number of carboxylic acid groups (broad SMARTS) is 1. The second-order valence-electron chi connectivity index (χ2n) is 6.02. The van der Waals surface area contributed by atoms with Crippen LogP contribution in [0.4, 0.5) is 16.5 Å². The van der Waals surface area contributed by atoms with E-state index < -0.39 is 16.0 Å². The zero-order valence-corrected chi connectivity index (χ0v) is 16.9. The molecule has 0 fully saturated rings. The third kappa shape index (κ3) is 4.49. The number of hydrogen-bond acceptors (Lipinski definition) is 6. The summed E-state index contributed by atoms with van der Waals surface area (Å²) in [6.07, 6.45) is 1.19. The molecule has 0 aliphatic rings. The van der Waals surface area contributed by atoms with Crippen molar-refractivity contribution < 1.29 is 18.3 Å². The number of anilines is 3. The zero-order chi connectivity index (χ0) is 20.3. The third-order valence-corrected chi connectivity index (χ3v) is 6.05. The van der Waals surface area contributed by atoms with Crippen molar-refractivity contribution in [2.24, 2.45) is 0 Å². The van der Waals surface area contributed by atoms with Crippen LogP contribution in [-0.4, -0.2) is 37.3 Å². The smallest absolute Gasteiger partial charge is 0.335 e. The summed E-state index contributed by atoms with van der Waals surface area (Å²) < 4.78 is 25.0. The molecule has 146 valence electrons. The quantitative estimate of drug-likeness (QED) is 0.602. The molecule has 0 saturated carbocycles. The number of aromatic carboxylic acids is 1. The van der Waals surface area contributed by atoms with Crippen LogP contribution in [0.2, 0.25) is 0 Å². The maximum Gasteiger partial charge on any atom is 0.335 e. The van der Waals surface area contributed by atoms with Crippen LogP contribution in [0.15, 0.2) is 53.9 Å². The second-order valence-corrected chi connectivity index (χ2v) is 8.78.